The van der Waals surface area contributed by atoms with Crippen molar-refractivity contribution in [1.82, 2.24) is 10.2 Å². The van der Waals surface area contributed by atoms with E-state index in [0.29, 0.717) is 17.2 Å². The molecule has 0 bridgehead atoms. The zero-order valence-electron chi connectivity index (χ0n) is 12.9. The maximum absolute atomic E-state index is 12.4. The lowest BCUT2D eigenvalue weighted by Crippen LogP contribution is -2.47. The van der Waals surface area contributed by atoms with E-state index in [1.807, 2.05) is 17.0 Å². The second-order valence-corrected chi connectivity index (χ2v) is 6.05. The summed E-state index contributed by atoms with van der Waals surface area (Å²) in [6.07, 6.45) is 3.73. The van der Waals surface area contributed by atoms with Crippen LogP contribution in [0.5, 0.6) is 5.75 Å². The Kier molecular flexibility index (Phi) is 4.32. The van der Waals surface area contributed by atoms with Crippen molar-refractivity contribution in [2.75, 3.05) is 20.2 Å². The molecular weight excluding hydrogens is 280 g/mol. The maximum atomic E-state index is 12.4. The van der Waals surface area contributed by atoms with Gasteiger partial charge in [-0.3, -0.25) is 9.59 Å². The highest BCUT2D eigenvalue weighted by molar-refractivity contribution is 5.97. The van der Waals surface area contributed by atoms with E-state index in [1.54, 1.807) is 19.2 Å². The number of hydrogen-bond acceptors (Lipinski definition) is 3. The van der Waals surface area contributed by atoms with Gasteiger partial charge in [0.25, 0.3) is 5.91 Å². The van der Waals surface area contributed by atoms with Gasteiger partial charge >= 0.3 is 0 Å². The monoisotopic (exact) mass is 302 g/mol. The van der Waals surface area contributed by atoms with Crippen LogP contribution >= 0.6 is 0 Å². The Hall–Kier alpha value is -2.04. The molecule has 5 heteroatoms. The van der Waals surface area contributed by atoms with Crippen LogP contribution in [-0.4, -0.2) is 43.0 Å². The number of rotatable bonds is 4. The number of likely N-dealkylation sites (tertiary alicyclic amines) is 1. The average Bonchev–Trinajstić information content (AvgIpc) is 3.39. The Morgan fingerprint density at radius 1 is 1.14 bits per heavy atom. The molecule has 0 aromatic heterocycles. The second kappa shape index (κ2) is 6.38. The quantitative estimate of drug-likeness (QED) is 0.923. The van der Waals surface area contributed by atoms with Crippen LogP contribution in [0.4, 0.5) is 0 Å². The van der Waals surface area contributed by atoms with Gasteiger partial charge in [0.15, 0.2) is 0 Å². The molecule has 2 amide bonds. The van der Waals surface area contributed by atoms with Crippen LogP contribution in [-0.2, 0) is 4.79 Å². The third-order valence-electron chi connectivity index (χ3n) is 4.42. The summed E-state index contributed by atoms with van der Waals surface area (Å²) in [6.45, 7) is 1.48. The van der Waals surface area contributed by atoms with Crippen molar-refractivity contribution in [3.05, 3.63) is 29.8 Å². The van der Waals surface area contributed by atoms with E-state index >= 15 is 0 Å². The number of ether oxygens (including phenoxy) is 1. The van der Waals surface area contributed by atoms with Gasteiger partial charge in [0.2, 0.25) is 5.91 Å². The third kappa shape index (κ3) is 3.24. The maximum Gasteiger partial charge on any atom is 0.255 e. The smallest absolute Gasteiger partial charge is 0.255 e. The van der Waals surface area contributed by atoms with E-state index in [2.05, 4.69) is 5.32 Å². The number of hydrogen-bond donors (Lipinski definition) is 1. The molecule has 2 aliphatic rings. The van der Waals surface area contributed by atoms with Crippen LogP contribution in [0.1, 0.15) is 36.0 Å². The molecule has 0 spiro atoms. The van der Waals surface area contributed by atoms with Crippen LogP contribution in [0.15, 0.2) is 24.3 Å². The van der Waals surface area contributed by atoms with Crippen molar-refractivity contribution in [3.63, 3.8) is 0 Å². The minimum Gasteiger partial charge on any atom is -0.496 e. The summed E-state index contributed by atoms with van der Waals surface area (Å²) < 4.78 is 5.22. The molecule has 1 aliphatic carbocycles. The first-order chi connectivity index (χ1) is 10.7. The van der Waals surface area contributed by atoms with Gasteiger partial charge in [-0.1, -0.05) is 12.1 Å². The van der Waals surface area contributed by atoms with Gasteiger partial charge in [-0.15, -0.1) is 0 Å². The predicted octanol–water partition coefficient (Wildman–Crippen LogP) is 1.83. The fourth-order valence-corrected chi connectivity index (χ4v) is 2.93. The summed E-state index contributed by atoms with van der Waals surface area (Å²) in [5, 5.41) is 3.06. The number of nitrogens with zero attached hydrogens (tertiary/aromatic N) is 1. The number of carbonyl (C=O) groups excluding carboxylic acids is 2. The lowest BCUT2D eigenvalue weighted by molar-refractivity contribution is -0.133. The van der Waals surface area contributed by atoms with Crippen LogP contribution in [0.2, 0.25) is 0 Å². The lowest BCUT2D eigenvalue weighted by atomic mass is 10.0. The van der Waals surface area contributed by atoms with Crippen molar-refractivity contribution in [3.8, 4) is 5.75 Å². The number of piperidine rings is 1. The Morgan fingerprint density at radius 2 is 1.82 bits per heavy atom. The molecule has 1 aromatic rings. The molecule has 22 heavy (non-hydrogen) atoms. The number of para-hydroxylation sites is 1. The molecule has 1 heterocycles. The van der Waals surface area contributed by atoms with Crippen LogP contribution in [0, 0.1) is 5.92 Å². The van der Waals surface area contributed by atoms with Gasteiger partial charge in [0.05, 0.1) is 12.7 Å². The second-order valence-electron chi connectivity index (χ2n) is 6.05. The van der Waals surface area contributed by atoms with E-state index in [4.69, 9.17) is 4.74 Å². The van der Waals surface area contributed by atoms with Crippen molar-refractivity contribution < 1.29 is 14.3 Å². The molecule has 1 N–H and O–H groups in total. The number of methoxy groups -OCH3 is 1. The normalized spacial score (nSPS) is 18.9. The van der Waals surface area contributed by atoms with Crippen molar-refractivity contribution in [1.29, 1.82) is 0 Å². The average molecular weight is 302 g/mol. The van der Waals surface area contributed by atoms with Gasteiger partial charge in [-0.25, -0.2) is 0 Å². The number of amides is 2. The fourth-order valence-electron chi connectivity index (χ4n) is 2.93. The first kappa shape index (κ1) is 14.9. The van der Waals surface area contributed by atoms with E-state index in [1.165, 1.54) is 0 Å². The first-order valence-corrected chi connectivity index (χ1v) is 7.91. The van der Waals surface area contributed by atoms with Crippen LogP contribution < -0.4 is 10.1 Å². The number of carbonyl (C=O) groups is 2. The third-order valence-corrected chi connectivity index (χ3v) is 4.42. The van der Waals surface area contributed by atoms with Gasteiger partial charge in [0.1, 0.15) is 5.75 Å². The minimum atomic E-state index is -0.107. The zero-order valence-corrected chi connectivity index (χ0v) is 12.9. The summed E-state index contributed by atoms with van der Waals surface area (Å²) in [5.74, 6) is 1.06. The fraction of sp³-hybridized carbons (Fsp3) is 0.529. The van der Waals surface area contributed by atoms with Crippen molar-refractivity contribution in [2.24, 2.45) is 5.92 Å². The Bertz CT molecular complexity index is 561. The summed E-state index contributed by atoms with van der Waals surface area (Å²) in [6, 6.07) is 7.35. The zero-order chi connectivity index (χ0) is 15.5. The standard InChI is InChI=1S/C17H22N2O3/c1-22-15-5-3-2-4-14(15)16(20)18-13-8-10-19(11-9-13)17(21)12-6-7-12/h2-5,12-13H,6-11H2,1H3,(H,18,20). The molecule has 5 nitrogen and oxygen atoms in total. The van der Waals surface area contributed by atoms with Gasteiger partial charge in [-0.2, -0.15) is 0 Å². The minimum absolute atomic E-state index is 0.107. The van der Waals surface area contributed by atoms with Crippen molar-refractivity contribution in [2.45, 2.75) is 31.7 Å². The molecular formula is C17H22N2O3. The highest BCUT2D eigenvalue weighted by Gasteiger charge is 2.35. The van der Waals surface area contributed by atoms with Gasteiger partial charge in [0, 0.05) is 25.0 Å². The topological polar surface area (TPSA) is 58.6 Å². The Labute approximate surface area is 130 Å². The molecule has 3 rings (SSSR count). The summed E-state index contributed by atoms with van der Waals surface area (Å²) in [4.78, 5) is 26.3. The number of nitrogens with one attached hydrogen (secondary N) is 1. The van der Waals surface area contributed by atoms with E-state index in [-0.39, 0.29) is 17.9 Å². The molecule has 0 atom stereocenters. The highest BCUT2D eigenvalue weighted by atomic mass is 16.5. The van der Waals surface area contributed by atoms with Gasteiger partial charge in [-0.05, 0) is 37.8 Å². The molecule has 2 fully saturated rings. The predicted molar refractivity (Wildman–Crippen MR) is 82.8 cm³/mol. The van der Waals surface area contributed by atoms with E-state index < -0.39 is 0 Å². The highest BCUT2D eigenvalue weighted by Crippen LogP contribution is 2.32. The molecule has 118 valence electrons. The molecule has 1 aliphatic heterocycles. The Morgan fingerprint density at radius 3 is 2.45 bits per heavy atom. The van der Waals surface area contributed by atoms with Crippen LogP contribution in [0.3, 0.4) is 0 Å². The van der Waals surface area contributed by atoms with E-state index in [9.17, 15) is 9.59 Å². The van der Waals surface area contributed by atoms with Crippen molar-refractivity contribution >= 4 is 11.8 Å². The summed E-state index contributed by atoms with van der Waals surface area (Å²) >= 11 is 0. The summed E-state index contributed by atoms with van der Waals surface area (Å²) in [7, 11) is 1.56. The molecule has 1 aromatic carbocycles. The van der Waals surface area contributed by atoms with Gasteiger partial charge < -0.3 is 15.0 Å². The molecule has 0 unspecified atom stereocenters. The number of benzene rings is 1. The molecule has 0 radical (unpaired) electrons. The summed E-state index contributed by atoms with van der Waals surface area (Å²) in [5.41, 5.74) is 0.557. The lowest BCUT2D eigenvalue weighted by Gasteiger charge is -2.32. The van der Waals surface area contributed by atoms with E-state index in [0.717, 1.165) is 38.8 Å². The first-order valence-electron chi connectivity index (χ1n) is 7.91. The largest absolute Gasteiger partial charge is 0.496 e. The molecule has 1 saturated heterocycles. The SMILES string of the molecule is COc1ccccc1C(=O)NC1CCN(C(=O)C2CC2)CC1. The van der Waals surface area contributed by atoms with Crippen LogP contribution in [0.25, 0.3) is 0 Å². The molecule has 1 saturated carbocycles. The Balaban J connectivity index is 1.53.